The Morgan fingerprint density at radius 1 is 1.80 bits per heavy atom. The van der Waals surface area contributed by atoms with E-state index in [0.29, 0.717) is 6.42 Å². The van der Waals surface area contributed by atoms with Crippen LogP contribution in [0.3, 0.4) is 0 Å². The second-order valence-corrected chi connectivity index (χ2v) is 3.26. The van der Waals surface area contributed by atoms with Gasteiger partial charge in [0.2, 0.25) is 5.91 Å². The Morgan fingerprint density at radius 3 is 2.90 bits per heavy atom. The molecule has 2 saturated heterocycles. The summed E-state index contributed by atoms with van der Waals surface area (Å²) in [5.74, 6) is 0.168. The fourth-order valence-electron chi connectivity index (χ4n) is 1.39. The molecule has 2 fully saturated rings. The summed E-state index contributed by atoms with van der Waals surface area (Å²) in [6.45, 7) is 2.85. The molecule has 0 aliphatic carbocycles. The Kier molecular flexibility index (Phi) is 1.06. The van der Waals surface area contributed by atoms with Crippen molar-refractivity contribution in [2.24, 2.45) is 0 Å². The van der Waals surface area contributed by atoms with Gasteiger partial charge in [-0.15, -0.1) is 0 Å². The van der Waals surface area contributed by atoms with Crippen molar-refractivity contribution in [2.75, 3.05) is 6.61 Å². The number of epoxide rings is 1. The Labute approximate surface area is 59.7 Å². The van der Waals surface area contributed by atoms with Crippen LogP contribution < -0.4 is 5.32 Å². The summed E-state index contributed by atoms with van der Waals surface area (Å²) in [6, 6.07) is 0.278. The van der Waals surface area contributed by atoms with Crippen molar-refractivity contribution in [2.45, 2.75) is 31.4 Å². The molecule has 0 aromatic carbocycles. The van der Waals surface area contributed by atoms with Gasteiger partial charge in [0.25, 0.3) is 0 Å². The van der Waals surface area contributed by atoms with E-state index in [2.05, 4.69) is 5.32 Å². The molecule has 0 bridgehead atoms. The van der Waals surface area contributed by atoms with E-state index in [-0.39, 0.29) is 17.6 Å². The molecule has 2 aliphatic heterocycles. The summed E-state index contributed by atoms with van der Waals surface area (Å²) in [5.41, 5.74) is -0.0217. The maximum atomic E-state index is 10.8. The molecule has 10 heavy (non-hydrogen) atoms. The summed E-state index contributed by atoms with van der Waals surface area (Å²) in [5, 5.41) is 2.89. The van der Waals surface area contributed by atoms with Gasteiger partial charge in [0.05, 0.1) is 12.6 Å². The number of hydrogen-bond acceptors (Lipinski definition) is 2. The molecular formula is C7H11NO2. The molecule has 0 unspecified atom stereocenters. The Balaban J connectivity index is 2.01. The van der Waals surface area contributed by atoms with Gasteiger partial charge in [-0.2, -0.15) is 0 Å². The third-order valence-electron chi connectivity index (χ3n) is 2.33. The second-order valence-electron chi connectivity index (χ2n) is 3.26. The number of rotatable bonds is 1. The van der Waals surface area contributed by atoms with Crippen LogP contribution in [0.5, 0.6) is 0 Å². The van der Waals surface area contributed by atoms with Crippen molar-refractivity contribution < 1.29 is 9.53 Å². The van der Waals surface area contributed by atoms with Crippen molar-refractivity contribution in [3.63, 3.8) is 0 Å². The van der Waals surface area contributed by atoms with Gasteiger partial charge in [0.1, 0.15) is 5.60 Å². The van der Waals surface area contributed by atoms with Crippen molar-refractivity contribution in [1.29, 1.82) is 0 Å². The van der Waals surface area contributed by atoms with Crippen LogP contribution in [0.4, 0.5) is 0 Å². The monoisotopic (exact) mass is 141 g/mol. The Hall–Kier alpha value is -0.570. The first-order chi connectivity index (χ1) is 4.71. The molecule has 3 heteroatoms. The molecule has 2 atom stereocenters. The zero-order chi connectivity index (χ0) is 7.19. The molecule has 2 heterocycles. The van der Waals surface area contributed by atoms with Gasteiger partial charge < -0.3 is 10.1 Å². The molecule has 2 rings (SSSR count). The molecule has 1 N–H and O–H groups in total. The minimum Gasteiger partial charge on any atom is -0.368 e. The normalized spacial score (nSPS) is 45.3. The van der Waals surface area contributed by atoms with E-state index in [1.807, 2.05) is 6.92 Å². The topological polar surface area (TPSA) is 41.6 Å². The highest BCUT2D eigenvalue weighted by Crippen LogP contribution is 2.34. The number of amides is 1. The third-order valence-corrected chi connectivity index (χ3v) is 2.33. The van der Waals surface area contributed by atoms with Crippen LogP contribution in [0.1, 0.15) is 19.8 Å². The fraction of sp³-hybridized carbons (Fsp3) is 0.857. The molecule has 3 nitrogen and oxygen atoms in total. The summed E-state index contributed by atoms with van der Waals surface area (Å²) in [4.78, 5) is 10.8. The number of hydrogen-bond donors (Lipinski definition) is 1. The van der Waals surface area contributed by atoms with Crippen LogP contribution >= 0.6 is 0 Å². The molecule has 56 valence electrons. The number of ether oxygens (including phenoxy) is 1. The van der Waals surface area contributed by atoms with Crippen LogP contribution in [0.25, 0.3) is 0 Å². The Bertz CT molecular complexity index is 174. The first-order valence-corrected chi connectivity index (χ1v) is 3.64. The molecular weight excluding hydrogens is 130 g/mol. The van der Waals surface area contributed by atoms with Gasteiger partial charge in [-0.05, 0) is 13.3 Å². The minimum atomic E-state index is -0.0217. The van der Waals surface area contributed by atoms with E-state index in [9.17, 15) is 4.79 Å². The van der Waals surface area contributed by atoms with E-state index >= 15 is 0 Å². The molecule has 0 radical (unpaired) electrons. The minimum absolute atomic E-state index is 0.0217. The van der Waals surface area contributed by atoms with Crippen LogP contribution in [-0.2, 0) is 9.53 Å². The summed E-state index contributed by atoms with van der Waals surface area (Å²) in [7, 11) is 0. The van der Waals surface area contributed by atoms with E-state index in [4.69, 9.17) is 4.74 Å². The quantitative estimate of drug-likeness (QED) is 0.524. The van der Waals surface area contributed by atoms with Gasteiger partial charge >= 0.3 is 0 Å². The third kappa shape index (κ3) is 0.814. The van der Waals surface area contributed by atoms with Gasteiger partial charge in [0, 0.05) is 6.42 Å². The average Bonchev–Trinajstić information content (AvgIpc) is 2.45. The van der Waals surface area contributed by atoms with E-state index in [1.165, 1.54) is 0 Å². The SMILES string of the molecule is C[C@@]1([C@@H]2CCC(=O)N2)CO1. The largest absolute Gasteiger partial charge is 0.368 e. The van der Waals surface area contributed by atoms with Gasteiger partial charge in [-0.25, -0.2) is 0 Å². The van der Waals surface area contributed by atoms with Crippen LogP contribution in [0.2, 0.25) is 0 Å². The number of carbonyl (C=O) groups excluding carboxylic acids is 1. The standard InChI is InChI=1S/C7H11NO2/c1-7(4-10-7)5-2-3-6(9)8-5/h5H,2-4H2,1H3,(H,8,9)/t5-,7-/m0/s1. The average molecular weight is 141 g/mol. The lowest BCUT2D eigenvalue weighted by molar-refractivity contribution is -0.119. The highest BCUT2D eigenvalue weighted by molar-refractivity contribution is 5.78. The molecule has 0 aromatic rings. The van der Waals surface area contributed by atoms with E-state index in [0.717, 1.165) is 13.0 Å². The first-order valence-electron chi connectivity index (χ1n) is 3.64. The molecule has 0 saturated carbocycles. The lowest BCUT2D eigenvalue weighted by Gasteiger charge is -2.13. The molecule has 0 spiro atoms. The highest BCUT2D eigenvalue weighted by Gasteiger charge is 2.49. The number of nitrogens with one attached hydrogen (secondary N) is 1. The maximum absolute atomic E-state index is 10.8. The van der Waals surface area contributed by atoms with Crippen molar-refractivity contribution >= 4 is 5.91 Å². The molecule has 0 aromatic heterocycles. The summed E-state index contributed by atoms with van der Waals surface area (Å²) in [6.07, 6.45) is 1.61. The maximum Gasteiger partial charge on any atom is 0.220 e. The lowest BCUT2D eigenvalue weighted by atomic mass is 10.0. The molecule has 2 aliphatic rings. The van der Waals surface area contributed by atoms with Crippen LogP contribution in [-0.4, -0.2) is 24.2 Å². The second kappa shape index (κ2) is 1.72. The van der Waals surface area contributed by atoms with Gasteiger partial charge in [-0.3, -0.25) is 4.79 Å². The zero-order valence-electron chi connectivity index (χ0n) is 6.02. The van der Waals surface area contributed by atoms with Crippen molar-refractivity contribution in [3.05, 3.63) is 0 Å². The molecule has 1 amide bonds. The van der Waals surface area contributed by atoms with Crippen molar-refractivity contribution in [3.8, 4) is 0 Å². The smallest absolute Gasteiger partial charge is 0.220 e. The lowest BCUT2D eigenvalue weighted by Crippen LogP contribution is -2.37. The summed E-state index contributed by atoms with van der Waals surface area (Å²) < 4.78 is 5.21. The van der Waals surface area contributed by atoms with Gasteiger partial charge in [0.15, 0.2) is 0 Å². The highest BCUT2D eigenvalue weighted by atomic mass is 16.6. The van der Waals surface area contributed by atoms with Gasteiger partial charge in [-0.1, -0.05) is 0 Å². The fourth-order valence-corrected chi connectivity index (χ4v) is 1.39. The van der Waals surface area contributed by atoms with E-state index < -0.39 is 0 Å². The Morgan fingerprint density at radius 2 is 2.50 bits per heavy atom. The predicted molar refractivity (Wildman–Crippen MR) is 35.5 cm³/mol. The number of carbonyl (C=O) groups is 1. The predicted octanol–water partition coefficient (Wildman–Crippen LogP) is 0.0539. The summed E-state index contributed by atoms with van der Waals surface area (Å²) >= 11 is 0. The zero-order valence-corrected chi connectivity index (χ0v) is 6.02. The van der Waals surface area contributed by atoms with Crippen LogP contribution in [0.15, 0.2) is 0 Å². The van der Waals surface area contributed by atoms with Crippen molar-refractivity contribution in [1.82, 2.24) is 5.32 Å². The first kappa shape index (κ1) is 6.16. The van der Waals surface area contributed by atoms with E-state index in [1.54, 1.807) is 0 Å². The van der Waals surface area contributed by atoms with Crippen LogP contribution in [0, 0.1) is 0 Å².